The summed E-state index contributed by atoms with van der Waals surface area (Å²) in [5.41, 5.74) is 5.49. The van der Waals surface area contributed by atoms with Gasteiger partial charge < -0.3 is 11.1 Å². The summed E-state index contributed by atoms with van der Waals surface area (Å²) in [6, 6.07) is 2.79. The summed E-state index contributed by atoms with van der Waals surface area (Å²) in [5.74, 6) is -2.72. The number of nitrogens with one attached hydrogen (secondary N) is 1. The number of hydrogen-bond donors (Lipinski definition) is 2. The largest absolute Gasteiger partial charge is 0.369 e. The molecule has 5 nitrogen and oxygen atoms in total. The number of nitrogens with zero attached hydrogens (tertiary/aromatic N) is 1. The molecule has 1 aromatic rings. The average molecular weight is 311 g/mol. The molecule has 0 saturated carbocycles. The number of piperidine rings is 1. The second-order valence-corrected chi connectivity index (χ2v) is 5.51. The van der Waals surface area contributed by atoms with E-state index in [1.54, 1.807) is 6.92 Å². The summed E-state index contributed by atoms with van der Waals surface area (Å²) in [6.45, 7) is 2.93. The van der Waals surface area contributed by atoms with E-state index >= 15 is 0 Å². The quantitative estimate of drug-likeness (QED) is 0.884. The van der Waals surface area contributed by atoms with E-state index in [0.29, 0.717) is 25.9 Å². The van der Waals surface area contributed by atoms with Crippen LogP contribution in [0.3, 0.4) is 0 Å². The minimum Gasteiger partial charge on any atom is -0.369 e. The van der Waals surface area contributed by atoms with E-state index in [9.17, 15) is 18.4 Å². The number of amides is 2. The van der Waals surface area contributed by atoms with E-state index in [0.717, 1.165) is 12.1 Å². The van der Waals surface area contributed by atoms with Crippen LogP contribution in [0.25, 0.3) is 0 Å². The first-order valence-electron chi connectivity index (χ1n) is 7.17. The first-order valence-corrected chi connectivity index (χ1v) is 7.17. The monoisotopic (exact) mass is 311 g/mol. The van der Waals surface area contributed by atoms with E-state index in [4.69, 9.17) is 5.73 Å². The lowest BCUT2D eigenvalue weighted by Gasteiger charge is -2.34. The fourth-order valence-corrected chi connectivity index (χ4v) is 2.56. The van der Waals surface area contributed by atoms with Gasteiger partial charge in [-0.25, -0.2) is 8.78 Å². The molecule has 1 aromatic carbocycles. The Morgan fingerprint density at radius 1 is 1.27 bits per heavy atom. The van der Waals surface area contributed by atoms with Gasteiger partial charge in [0.05, 0.1) is 6.04 Å². The van der Waals surface area contributed by atoms with Crippen molar-refractivity contribution >= 4 is 17.5 Å². The number of hydrogen-bond acceptors (Lipinski definition) is 3. The van der Waals surface area contributed by atoms with Gasteiger partial charge in [-0.05, 0) is 45.0 Å². The van der Waals surface area contributed by atoms with E-state index in [2.05, 4.69) is 5.32 Å². The summed E-state index contributed by atoms with van der Waals surface area (Å²) < 4.78 is 26.0. The Labute approximate surface area is 127 Å². The van der Waals surface area contributed by atoms with Crippen LogP contribution >= 0.6 is 0 Å². The first kappa shape index (κ1) is 16.4. The molecule has 120 valence electrons. The molecule has 3 N–H and O–H groups in total. The highest BCUT2D eigenvalue weighted by molar-refractivity contribution is 5.94. The van der Waals surface area contributed by atoms with E-state index < -0.39 is 17.7 Å². The van der Waals surface area contributed by atoms with Crippen LogP contribution in [0, 0.1) is 17.6 Å². The van der Waals surface area contributed by atoms with Crippen molar-refractivity contribution in [3.63, 3.8) is 0 Å². The van der Waals surface area contributed by atoms with Gasteiger partial charge >= 0.3 is 0 Å². The minimum atomic E-state index is -1.01. The average Bonchev–Trinajstić information content (AvgIpc) is 2.50. The van der Waals surface area contributed by atoms with Crippen LogP contribution in [-0.2, 0) is 9.59 Å². The van der Waals surface area contributed by atoms with Crippen molar-refractivity contribution in [1.29, 1.82) is 0 Å². The third-order valence-corrected chi connectivity index (χ3v) is 4.05. The van der Waals surface area contributed by atoms with Crippen molar-refractivity contribution in [1.82, 2.24) is 4.90 Å². The topological polar surface area (TPSA) is 75.4 Å². The smallest absolute Gasteiger partial charge is 0.241 e. The van der Waals surface area contributed by atoms with Crippen molar-refractivity contribution in [2.45, 2.75) is 25.8 Å². The first-order chi connectivity index (χ1) is 10.4. The second kappa shape index (κ2) is 6.83. The van der Waals surface area contributed by atoms with Gasteiger partial charge in [0.15, 0.2) is 11.6 Å². The number of carbonyl (C=O) groups excluding carboxylic acids is 2. The zero-order valence-electron chi connectivity index (χ0n) is 12.3. The number of halogens is 2. The molecule has 1 fully saturated rings. The molecule has 0 aliphatic carbocycles. The molecular weight excluding hydrogens is 292 g/mol. The van der Waals surface area contributed by atoms with Crippen molar-refractivity contribution in [2.75, 3.05) is 18.4 Å². The molecule has 0 bridgehead atoms. The molecule has 1 aliphatic rings. The van der Waals surface area contributed by atoms with Gasteiger partial charge in [0.1, 0.15) is 0 Å². The van der Waals surface area contributed by atoms with Gasteiger partial charge in [-0.3, -0.25) is 14.5 Å². The van der Waals surface area contributed by atoms with Gasteiger partial charge in [0.2, 0.25) is 11.8 Å². The van der Waals surface area contributed by atoms with Crippen molar-refractivity contribution < 1.29 is 18.4 Å². The molecule has 2 rings (SSSR count). The number of rotatable bonds is 4. The zero-order chi connectivity index (χ0) is 16.3. The van der Waals surface area contributed by atoms with Crippen LogP contribution in [0.5, 0.6) is 0 Å². The van der Waals surface area contributed by atoms with Gasteiger partial charge in [-0.1, -0.05) is 0 Å². The maximum atomic E-state index is 13.1. The van der Waals surface area contributed by atoms with Gasteiger partial charge in [-0.15, -0.1) is 0 Å². The molecule has 7 heteroatoms. The highest BCUT2D eigenvalue weighted by Crippen LogP contribution is 2.20. The Morgan fingerprint density at radius 3 is 2.45 bits per heavy atom. The van der Waals surface area contributed by atoms with Crippen LogP contribution in [0.4, 0.5) is 14.5 Å². The van der Waals surface area contributed by atoms with Crippen molar-refractivity contribution in [3.8, 4) is 0 Å². The predicted molar refractivity (Wildman–Crippen MR) is 77.9 cm³/mol. The Balaban J connectivity index is 1.92. The second-order valence-electron chi connectivity index (χ2n) is 5.51. The molecule has 22 heavy (non-hydrogen) atoms. The molecule has 0 radical (unpaired) electrons. The number of primary amides is 1. The third-order valence-electron chi connectivity index (χ3n) is 4.05. The molecule has 2 amide bonds. The van der Waals surface area contributed by atoms with Gasteiger partial charge in [0.25, 0.3) is 0 Å². The lowest BCUT2D eigenvalue weighted by molar-refractivity contribution is -0.124. The van der Waals surface area contributed by atoms with E-state index in [1.807, 2.05) is 4.90 Å². The highest BCUT2D eigenvalue weighted by atomic mass is 19.2. The van der Waals surface area contributed by atoms with Gasteiger partial charge in [-0.2, -0.15) is 0 Å². The van der Waals surface area contributed by atoms with E-state index in [1.165, 1.54) is 6.07 Å². The molecular formula is C15H19F2N3O2. The number of likely N-dealkylation sites (tertiary alicyclic amines) is 1. The molecule has 1 heterocycles. The molecule has 1 aliphatic heterocycles. The third kappa shape index (κ3) is 3.79. The van der Waals surface area contributed by atoms with Crippen LogP contribution in [0.2, 0.25) is 0 Å². The van der Waals surface area contributed by atoms with E-state index in [-0.39, 0.29) is 23.4 Å². The standard InChI is InChI=1S/C15H19F2N3O2/c1-9(20-6-4-10(5-7-20)14(18)21)15(22)19-11-2-3-12(16)13(17)8-11/h2-3,8-10H,4-7H2,1H3,(H2,18,21)(H,19,22)/t9-/m0/s1. The lowest BCUT2D eigenvalue weighted by atomic mass is 9.95. The molecule has 0 unspecified atom stereocenters. The summed E-state index contributed by atoms with van der Waals surface area (Å²) in [5, 5.41) is 2.56. The SMILES string of the molecule is C[C@@H](C(=O)Nc1ccc(F)c(F)c1)N1CCC(C(N)=O)CC1. The Bertz CT molecular complexity index is 572. The molecule has 0 aromatic heterocycles. The summed E-state index contributed by atoms with van der Waals surface area (Å²) >= 11 is 0. The summed E-state index contributed by atoms with van der Waals surface area (Å²) in [7, 11) is 0. The molecule has 1 atom stereocenters. The normalized spacial score (nSPS) is 18.0. The number of nitrogens with two attached hydrogens (primary N) is 1. The maximum Gasteiger partial charge on any atom is 0.241 e. The van der Waals surface area contributed by atoms with Crippen molar-refractivity contribution in [2.24, 2.45) is 11.7 Å². The van der Waals surface area contributed by atoms with Gasteiger partial charge in [0, 0.05) is 17.7 Å². The fourth-order valence-electron chi connectivity index (χ4n) is 2.56. The van der Waals surface area contributed by atoms with Crippen LogP contribution in [0.15, 0.2) is 18.2 Å². The summed E-state index contributed by atoms with van der Waals surface area (Å²) in [6.07, 6.45) is 1.25. The maximum absolute atomic E-state index is 13.1. The Kier molecular flexibility index (Phi) is 5.07. The van der Waals surface area contributed by atoms with Crippen LogP contribution < -0.4 is 11.1 Å². The lowest BCUT2D eigenvalue weighted by Crippen LogP contribution is -2.47. The Morgan fingerprint density at radius 2 is 1.91 bits per heavy atom. The highest BCUT2D eigenvalue weighted by Gasteiger charge is 2.28. The number of anilines is 1. The van der Waals surface area contributed by atoms with Crippen LogP contribution in [0.1, 0.15) is 19.8 Å². The predicted octanol–water partition coefficient (Wildman–Crippen LogP) is 1.49. The zero-order valence-corrected chi connectivity index (χ0v) is 12.3. The number of benzene rings is 1. The Hall–Kier alpha value is -2.02. The number of carbonyl (C=O) groups is 2. The summed E-state index contributed by atoms with van der Waals surface area (Å²) in [4.78, 5) is 25.2. The van der Waals surface area contributed by atoms with Crippen molar-refractivity contribution in [3.05, 3.63) is 29.8 Å². The fraction of sp³-hybridized carbons (Fsp3) is 0.467. The molecule has 0 spiro atoms. The molecule has 1 saturated heterocycles. The minimum absolute atomic E-state index is 0.141. The van der Waals surface area contributed by atoms with Crippen LogP contribution in [-0.4, -0.2) is 35.8 Å².